The van der Waals surface area contributed by atoms with E-state index >= 15 is 0 Å². The summed E-state index contributed by atoms with van der Waals surface area (Å²) in [7, 11) is 0. The van der Waals surface area contributed by atoms with Crippen molar-refractivity contribution in [1.82, 2.24) is 31.9 Å². The highest BCUT2D eigenvalue weighted by molar-refractivity contribution is 5.97. The number of aliphatic imine (C=N–C) groups is 2. The topological polar surface area (TPSA) is 473 Å². The average Bonchev–Trinajstić information content (AvgIpc) is 3.12. The van der Waals surface area contributed by atoms with Crippen molar-refractivity contribution in [2.75, 3.05) is 19.6 Å². The third-order valence-electron chi connectivity index (χ3n) is 8.06. The van der Waals surface area contributed by atoms with Crippen LogP contribution in [0.25, 0.3) is 0 Å². The van der Waals surface area contributed by atoms with Gasteiger partial charge < -0.3 is 82.2 Å². The predicted molar refractivity (Wildman–Crippen MR) is 211 cm³/mol. The van der Waals surface area contributed by atoms with E-state index in [1.807, 2.05) is 0 Å². The molecule has 0 aromatic rings. The normalized spacial score (nSPS) is 14.3. The van der Waals surface area contributed by atoms with Gasteiger partial charge >= 0.3 is 5.97 Å². The van der Waals surface area contributed by atoms with Crippen LogP contribution in [0.2, 0.25) is 0 Å². The molecule has 22 N–H and O–H groups in total. The Morgan fingerprint density at radius 3 is 1.56 bits per heavy atom. The van der Waals surface area contributed by atoms with Gasteiger partial charge in [-0.25, -0.2) is 4.79 Å². The molecule has 7 atom stereocenters. The van der Waals surface area contributed by atoms with Crippen LogP contribution in [-0.4, -0.2) is 137 Å². The van der Waals surface area contributed by atoms with Gasteiger partial charge in [0.15, 0.2) is 11.9 Å². The molecule has 0 saturated heterocycles. The molecule has 26 heteroatoms. The summed E-state index contributed by atoms with van der Waals surface area (Å²) in [5.41, 5.74) is 37.8. The number of hydrogen-bond acceptors (Lipinski definition) is 13. The zero-order chi connectivity index (χ0) is 45.4. The maximum atomic E-state index is 13.6. The summed E-state index contributed by atoms with van der Waals surface area (Å²) in [6, 6.07) is -8.74. The third kappa shape index (κ3) is 23.5. The Balaban J connectivity index is 6.08. The summed E-state index contributed by atoms with van der Waals surface area (Å²) < 4.78 is 0. The van der Waals surface area contributed by atoms with Crippen LogP contribution in [0.15, 0.2) is 9.98 Å². The number of amides is 8. The summed E-state index contributed by atoms with van der Waals surface area (Å²) in [6.45, 7) is 3.91. The molecule has 0 aromatic heterocycles. The van der Waals surface area contributed by atoms with Crippen molar-refractivity contribution < 1.29 is 53.4 Å². The number of guanidine groups is 2. The van der Waals surface area contributed by atoms with E-state index in [9.17, 15) is 53.4 Å². The van der Waals surface area contributed by atoms with Crippen molar-refractivity contribution in [2.24, 2.45) is 56.0 Å². The molecule has 0 aliphatic rings. The van der Waals surface area contributed by atoms with Crippen molar-refractivity contribution in [3.63, 3.8) is 0 Å². The van der Waals surface area contributed by atoms with Gasteiger partial charge in [-0.1, -0.05) is 13.8 Å². The Kier molecular flexibility index (Phi) is 24.4. The SMILES string of the molecule is CC(C)C[C@H](NC(=O)[C@@H](NC(=O)CNC(=O)[C@H](CC(N)=O)NC(=O)[C@H](CCCN=C(N)N)NC(=O)[C@H](CCC(N)=O)NC(=O)[C@@H](N)CCCN=C(N)N)[C@@H](C)O)C(=O)O. The van der Waals surface area contributed by atoms with Gasteiger partial charge in [-0.3, -0.25) is 48.3 Å². The van der Waals surface area contributed by atoms with Crippen LogP contribution < -0.4 is 72.0 Å². The van der Waals surface area contributed by atoms with E-state index in [1.165, 1.54) is 0 Å². The number of nitrogens with one attached hydrogen (secondary N) is 6. The molecule has 0 unspecified atom stereocenters. The van der Waals surface area contributed by atoms with Crippen molar-refractivity contribution in [3.8, 4) is 0 Å². The number of primary amides is 2. The van der Waals surface area contributed by atoms with Crippen LogP contribution in [0.5, 0.6) is 0 Å². The van der Waals surface area contributed by atoms with Gasteiger partial charge in [-0.05, 0) is 51.4 Å². The van der Waals surface area contributed by atoms with Crippen molar-refractivity contribution in [3.05, 3.63) is 0 Å². The van der Waals surface area contributed by atoms with E-state index in [0.29, 0.717) is 6.42 Å². The smallest absolute Gasteiger partial charge is 0.326 e. The van der Waals surface area contributed by atoms with Gasteiger partial charge in [-0.2, -0.15) is 0 Å². The summed E-state index contributed by atoms with van der Waals surface area (Å²) >= 11 is 0. The van der Waals surface area contributed by atoms with Crippen LogP contribution in [0.1, 0.15) is 72.1 Å². The van der Waals surface area contributed by atoms with Crippen LogP contribution in [0.4, 0.5) is 0 Å². The van der Waals surface area contributed by atoms with Crippen LogP contribution in [0.3, 0.4) is 0 Å². The number of carboxylic acids is 1. The number of aliphatic carboxylic acids is 1. The van der Waals surface area contributed by atoms with E-state index < -0.39 is 109 Å². The third-order valence-corrected chi connectivity index (χ3v) is 8.06. The highest BCUT2D eigenvalue weighted by Crippen LogP contribution is 2.08. The van der Waals surface area contributed by atoms with Gasteiger partial charge in [0, 0.05) is 19.5 Å². The van der Waals surface area contributed by atoms with Crippen LogP contribution in [-0.2, 0) is 43.2 Å². The number of rotatable bonds is 29. The maximum absolute atomic E-state index is 13.6. The number of aliphatic hydroxyl groups is 1. The van der Waals surface area contributed by atoms with E-state index in [4.69, 9.17) is 40.1 Å². The second-order valence-electron chi connectivity index (χ2n) is 13.9. The number of carbonyl (C=O) groups excluding carboxylic acids is 8. The Morgan fingerprint density at radius 2 is 1.08 bits per heavy atom. The van der Waals surface area contributed by atoms with Crippen molar-refractivity contribution in [1.29, 1.82) is 0 Å². The summed E-state index contributed by atoms with van der Waals surface area (Å²) in [5, 5.41) is 33.3. The summed E-state index contributed by atoms with van der Waals surface area (Å²) in [4.78, 5) is 121. The molecule has 8 amide bonds. The zero-order valence-corrected chi connectivity index (χ0v) is 33.4. The van der Waals surface area contributed by atoms with E-state index in [2.05, 4.69) is 41.9 Å². The molecule has 0 saturated carbocycles. The molecule has 59 heavy (non-hydrogen) atoms. The van der Waals surface area contributed by atoms with E-state index in [1.54, 1.807) is 13.8 Å². The molecule has 26 nitrogen and oxygen atoms in total. The Hall–Kier alpha value is -6.31. The number of nitrogens with two attached hydrogens (primary N) is 7. The molecule has 0 fully saturated rings. The fourth-order valence-corrected chi connectivity index (χ4v) is 5.09. The Bertz CT molecular complexity index is 1530. The first-order chi connectivity index (χ1) is 27.4. The van der Waals surface area contributed by atoms with Crippen LogP contribution in [0, 0.1) is 5.92 Å². The van der Waals surface area contributed by atoms with Gasteiger partial charge in [-0.15, -0.1) is 0 Å². The lowest BCUT2D eigenvalue weighted by atomic mass is 10.0. The lowest BCUT2D eigenvalue weighted by Crippen LogP contribution is -2.59. The molecule has 0 radical (unpaired) electrons. The van der Waals surface area contributed by atoms with Gasteiger partial charge in [0.05, 0.1) is 25.1 Å². The molecule has 0 bridgehead atoms. The van der Waals surface area contributed by atoms with Crippen LogP contribution >= 0.6 is 0 Å². The second kappa shape index (κ2) is 27.3. The fraction of sp³-hybridized carbons (Fsp3) is 0.667. The minimum absolute atomic E-state index is 0.0149. The molecule has 334 valence electrons. The molecule has 0 aromatic carbocycles. The lowest BCUT2D eigenvalue weighted by Gasteiger charge is -2.26. The molecule has 0 aliphatic heterocycles. The molecule has 0 aliphatic carbocycles. The maximum Gasteiger partial charge on any atom is 0.326 e. The molecular weight excluding hydrogens is 782 g/mol. The lowest BCUT2D eigenvalue weighted by molar-refractivity contribution is -0.143. The number of carboxylic acid groups (broad SMARTS) is 1. The molecular formula is C33H61N15O11. The highest BCUT2D eigenvalue weighted by Gasteiger charge is 2.33. The minimum atomic E-state index is -1.73. The first-order valence-corrected chi connectivity index (χ1v) is 18.6. The quantitative estimate of drug-likeness (QED) is 0.0189. The first-order valence-electron chi connectivity index (χ1n) is 18.6. The average molecular weight is 844 g/mol. The second-order valence-corrected chi connectivity index (χ2v) is 13.9. The van der Waals surface area contributed by atoms with Crippen molar-refractivity contribution in [2.45, 2.75) is 114 Å². The highest BCUT2D eigenvalue weighted by atomic mass is 16.4. The summed E-state index contributed by atoms with van der Waals surface area (Å²) in [6.07, 6.45) is -2.61. The van der Waals surface area contributed by atoms with Gasteiger partial charge in [0.1, 0.15) is 30.2 Å². The van der Waals surface area contributed by atoms with E-state index in [-0.39, 0.29) is 69.5 Å². The standard InChI is InChI=1S/C33H61N15O11/c1-15(2)12-21(31(58)59)47-30(57)25(16(3)49)48-24(52)14-43-27(54)20(13-23(36)51)46-28(55)18(7-5-11-42-33(39)40)45-29(56)19(8-9-22(35)50)44-26(53)17(34)6-4-10-41-32(37)38/h15-21,25,49H,4-14,34H2,1-3H3,(H2,35,50)(H2,36,51)(H,43,54)(H,44,53)(H,45,56)(H,46,55)(H,47,57)(H,48,52)(H,58,59)(H4,37,38,41)(H4,39,40,42)/t16-,17+,18+,19+,20+,21+,25+/m1/s1. The monoisotopic (exact) mass is 843 g/mol. The molecule has 0 heterocycles. The number of hydrogen-bond donors (Lipinski definition) is 15. The van der Waals surface area contributed by atoms with Gasteiger partial charge in [0.2, 0.25) is 47.3 Å². The van der Waals surface area contributed by atoms with Gasteiger partial charge in [0.25, 0.3) is 0 Å². The predicted octanol–water partition coefficient (Wildman–Crippen LogP) is -7.39. The molecule has 0 spiro atoms. The number of carbonyl (C=O) groups is 9. The fourth-order valence-electron chi connectivity index (χ4n) is 5.09. The Labute approximate surface area is 340 Å². The van der Waals surface area contributed by atoms with Crippen molar-refractivity contribution >= 4 is 65.1 Å². The number of aliphatic hydroxyl groups excluding tert-OH is 1. The zero-order valence-electron chi connectivity index (χ0n) is 33.4. The molecule has 0 rings (SSSR count). The van der Waals surface area contributed by atoms with E-state index in [0.717, 1.165) is 6.92 Å². The summed E-state index contributed by atoms with van der Waals surface area (Å²) in [5.74, 6) is -9.70. The minimum Gasteiger partial charge on any atom is -0.480 e. The first kappa shape index (κ1) is 52.7. The Morgan fingerprint density at radius 1 is 0.593 bits per heavy atom. The largest absolute Gasteiger partial charge is 0.480 e. The number of nitrogens with zero attached hydrogens (tertiary/aromatic N) is 2.